The first-order valence-corrected chi connectivity index (χ1v) is 7.50. The number of aromatic nitrogens is 2. The Hall–Kier alpha value is -2.34. The molecular formula is C16H14BrN3O2. The van der Waals surface area contributed by atoms with E-state index in [0.29, 0.717) is 10.5 Å². The van der Waals surface area contributed by atoms with Crippen LogP contribution in [0.1, 0.15) is 16.1 Å². The van der Waals surface area contributed by atoms with E-state index in [1.165, 1.54) is 0 Å². The van der Waals surface area contributed by atoms with E-state index >= 15 is 0 Å². The van der Waals surface area contributed by atoms with Crippen molar-refractivity contribution in [1.82, 2.24) is 9.78 Å². The summed E-state index contributed by atoms with van der Waals surface area (Å²) in [4.78, 5) is 12.1. The molecule has 6 heteroatoms. The van der Waals surface area contributed by atoms with Crippen LogP contribution in [0.3, 0.4) is 0 Å². The van der Waals surface area contributed by atoms with E-state index < -0.39 is 0 Å². The van der Waals surface area contributed by atoms with E-state index in [2.05, 4.69) is 26.3 Å². The Balaban J connectivity index is 1.87. The second-order valence-electron chi connectivity index (χ2n) is 4.91. The fraction of sp³-hybridized carbons (Fsp3) is 0.125. The van der Waals surface area contributed by atoms with Gasteiger partial charge in [-0.1, -0.05) is 24.3 Å². The number of nitrogens with one attached hydrogen (secondary N) is 1. The van der Waals surface area contributed by atoms with Crippen LogP contribution in [0.25, 0.3) is 11.3 Å². The number of anilines is 1. The van der Waals surface area contributed by atoms with Crippen molar-refractivity contribution in [2.45, 2.75) is 6.92 Å². The van der Waals surface area contributed by atoms with Crippen LogP contribution >= 0.6 is 15.9 Å². The molecule has 1 amide bonds. The normalized spacial score (nSPS) is 10.7. The zero-order valence-corrected chi connectivity index (χ0v) is 13.7. The number of hydrogen-bond donors (Lipinski definition) is 1. The minimum atomic E-state index is -0.315. The molecule has 3 aromatic rings. The summed E-state index contributed by atoms with van der Waals surface area (Å²) in [5.41, 5.74) is 2.99. The average Bonchev–Trinajstić information content (AvgIpc) is 3.06. The maximum absolute atomic E-state index is 12.1. The Morgan fingerprint density at radius 2 is 2.05 bits per heavy atom. The molecular weight excluding hydrogens is 346 g/mol. The van der Waals surface area contributed by atoms with Gasteiger partial charge >= 0.3 is 0 Å². The van der Waals surface area contributed by atoms with Crippen LogP contribution < -0.4 is 5.32 Å². The molecule has 2 aromatic heterocycles. The Labute approximate surface area is 136 Å². The number of benzene rings is 1. The largest absolute Gasteiger partial charge is 0.444 e. The number of carbonyl (C=O) groups excluding carboxylic acids is 1. The predicted molar refractivity (Wildman–Crippen MR) is 87.7 cm³/mol. The van der Waals surface area contributed by atoms with Crippen molar-refractivity contribution in [2.24, 2.45) is 7.05 Å². The smallest absolute Gasteiger partial charge is 0.292 e. The molecule has 0 aliphatic rings. The topological polar surface area (TPSA) is 60.1 Å². The molecule has 0 bridgehead atoms. The highest BCUT2D eigenvalue weighted by atomic mass is 79.9. The molecule has 0 spiro atoms. The van der Waals surface area contributed by atoms with Crippen molar-refractivity contribution in [3.8, 4) is 11.3 Å². The molecule has 3 rings (SSSR count). The molecule has 0 radical (unpaired) electrons. The van der Waals surface area contributed by atoms with Crippen LogP contribution in [0.15, 0.2) is 51.6 Å². The van der Waals surface area contributed by atoms with Gasteiger partial charge in [0.05, 0.1) is 5.69 Å². The number of halogens is 1. The van der Waals surface area contributed by atoms with Gasteiger partial charge in [0.15, 0.2) is 10.4 Å². The SMILES string of the molecule is Cc1ccccc1-c1cc(NC(=O)c2ccc(Br)o2)n(C)n1. The van der Waals surface area contributed by atoms with Crippen molar-refractivity contribution in [3.63, 3.8) is 0 Å². The summed E-state index contributed by atoms with van der Waals surface area (Å²) in [6.45, 7) is 2.03. The summed E-state index contributed by atoms with van der Waals surface area (Å²) >= 11 is 3.18. The molecule has 112 valence electrons. The first-order chi connectivity index (χ1) is 10.5. The summed E-state index contributed by atoms with van der Waals surface area (Å²) in [5.74, 6) is 0.534. The molecule has 0 fully saturated rings. The van der Waals surface area contributed by atoms with E-state index in [0.717, 1.165) is 16.8 Å². The zero-order chi connectivity index (χ0) is 15.7. The summed E-state index contributed by atoms with van der Waals surface area (Å²) < 4.78 is 7.40. The monoisotopic (exact) mass is 359 g/mol. The summed E-state index contributed by atoms with van der Waals surface area (Å²) in [6, 6.07) is 13.1. The Morgan fingerprint density at radius 3 is 2.73 bits per heavy atom. The van der Waals surface area contributed by atoms with Crippen LogP contribution in [0.4, 0.5) is 5.82 Å². The lowest BCUT2D eigenvalue weighted by Gasteiger charge is -2.02. The Bertz CT molecular complexity index is 836. The quantitative estimate of drug-likeness (QED) is 0.768. The number of aryl methyl sites for hydroxylation is 2. The predicted octanol–water partition coefficient (Wildman–Crippen LogP) is 4.00. The van der Waals surface area contributed by atoms with E-state index in [1.807, 2.05) is 37.3 Å². The molecule has 2 heterocycles. The number of rotatable bonds is 3. The molecule has 0 saturated heterocycles. The lowest BCUT2D eigenvalue weighted by molar-refractivity contribution is 0.0994. The third-order valence-electron chi connectivity index (χ3n) is 3.34. The second-order valence-corrected chi connectivity index (χ2v) is 5.69. The Morgan fingerprint density at radius 1 is 1.27 bits per heavy atom. The molecule has 0 aliphatic carbocycles. The fourth-order valence-corrected chi connectivity index (χ4v) is 2.50. The van der Waals surface area contributed by atoms with Crippen LogP contribution in [0, 0.1) is 6.92 Å². The number of hydrogen-bond acceptors (Lipinski definition) is 3. The number of furan rings is 1. The molecule has 0 saturated carbocycles. The summed E-state index contributed by atoms with van der Waals surface area (Å²) in [6.07, 6.45) is 0. The van der Waals surface area contributed by atoms with Crippen LogP contribution in [0.2, 0.25) is 0 Å². The molecule has 0 unspecified atom stereocenters. The van der Waals surface area contributed by atoms with Crippen molar-refractivity contribution in [1.29, 1.82) is 0 Å². The highest BCUT2D eigenvalue weighted by Crippen LogP contribution is 2.25. The van der Waals surface area contributed by atoms with Gasteiger partial charge in [-0.25, -0.2) is 0 Å². The van der Waals surface area contributed by atoms with Crippen molar-refractivity contribution in [3.05, 3.63) is 58.5 Å². The van der Waals surface area contributed by atoms with Crippen LogP contribution in [0.5, 0.6) is 0 Å². The number of amides is 1. The molecule has 5 nitrogen and oxygen atoms in total. The molecule has 1 aromatic carbocycles. The van der Waals surface area contributed by atoms with Gasteiger partial charge in [-0.3, -0.25) is 9.48 Å². The van der Waals surface area contributed by atoms with Crippen molar-refractivity contribution >= 4 is 27.7 Å². The van der Waals surface area contributed by atoms with E-state index in [4.69, 9.17) is 4.42 Å². The maximum Gasteiger partial charge on any atom is 0.292 e. The first kappa shape index (κ1) is 14.6. The lowest BCUT2D eigenvalue weighted by Crippen LogP contribution is -2.13. The Kier molecular flexibility index (Phi) is 3.85. The van der Waals surface area contributed by atoms with Gasteiger partial charge < -0.3 is 9.73 Å². The summed E-state index contributed by atoms with van der Waals surface area (Å²) in [5, 5.41) is 7.25. The molecule has 22 heavy (non-hydrogen) atoms. The van der Waals surface area contributed by atoms with Gasteiger partial charge in [0.1, 0.15) is 5.82 Å². The van der Waals surface area contributed by atoms with E-state index in [9.17, 15) is 4.79 Å². The fourth-order valence-electron chi connectivity index (χ4n) is 2.19. The third-order valence-corrected chi connectivity index (χ3v) is 3.77. The standard InChI is InChI=1S/C16H14BrN3O2/c1-10-5-3-4-6-11(10)12-9-15(20(2)19-12)18-16(21)13-7-8-14(17)22-13/h3-9H,1-2H3,(H,18,21). The van der Waals surface area contributed by atoms with Gasteiger partial charge in [0.2, 0.25) is 0 Å². The average molecular weight is 360 g/mol. The number of nitrogens with zero attached hydrogens (tertiary/aromatic N) is 2. The lowest BCUT2D eigenvalue weighted by atomic mass is 10.1. The van der Waals surface area contributed by atoms with Gasteiger partial charge in [-0.05, 0) is 40.5 Å². The van der Waals surface area contributed by atoms with E-state index in [-0.39, 0.29) is 11.7 Å². The van der Waals surface area contributed by atoms with Gasteiger partial charge in [-0.2, -0.15) is 5.10 Å². The highest BCUT2D eigenvalue weighted by Gasteiger charge is 2.15. The maximum atomic E-state index is 12.1. The van der Waals surface area contributed by atoms with Gasteiger partial charge in [0, 0.05) is 18.7 Å². The zero-order valence-electron chi connectivity index (χ0n) is 12.1. The number of carbonyl (C=O) groups is 1. The van der Waals surface area contributed by atoms with Gasteiger partial charge in [0.25, 0.3) is 5.91 Å². The van der Waals surface area contributed by atoms with Crippen LogP contribution in [-0.2, 0) is 7.05 Å². The minimum Gasteiger partial charge on any atom is -0.444 e. The summed E-state index contributed by atoms with van der Waals surface area (Å²) in [7, 11) is 1.79. The van der Waals surface area contributed by atoms with Crippen LogP contribution in [-0.4, -0.2) is 15.7 Å². The molecule has 0 aliphatic heterocycles. The van der Waals surface area contributed by atoms with E-state index in [1.54, 1.807) is 23.9 Å². The highest BCUT2D eigenvalue weighted by molar-refractivity contribution is 9.10. The third kappa shape index (κ3) is 2.82. The van der Waals surface area contributed by atoms with Gasteiger partial charge in [-0.15, -0.1) is 0 Å². The molecule has 1 N–H and O–H groups in total. The van der Waals surface area contributed by atoms with Crippen molar-refractivity contribution in [2.75, 3.05) is 5.32 Å². The molecule has 0 atom stereocenters. The first-order valence-electron chi connectivity index (χ1n) is 6.71. The van der Waals surface area contributed by atoms with Crippen molar-refractivity contribution < 1.29 is 9.21 Å². The minimum absolute atomic E-state index is 0.241. The second kappa shape index (κ2) is 5.81.